The second-order valence-electron chi connectivity index (χ2n) is 7.89. The van der Waals surface area contributed by atoms with Crippen molar-refractivity contribution in [2.75, 3.05) is 13.1 Å². The van der Waals surface area contributed by atoms with Crippen LogP contribution >= 0.6 is 0 Å². The minimum Gasteiger partial charge on any atom is -0.343 e. The highest BCUT2D eigenvalue weighted by Crippen LogP contribution is 2.22. The fourth-order valence-electron chi connectivity index (χ4n) is 3.88. The van der Waals surface area contributed by atoms with E-state index in [-0.39, 0.29) is 5.91 Å². The van der Waals surface area contributed by atoms with Gasteiger partial charge in [0.05, 0.1) is 0 Å². The topological polar surface area (TPSA) is 59.2 Å². The molecule has 1 fully saturated rings. The summed E-state index contributed by atoms with van der Waals surface area (Å²) in [6, 6.07) is 18.6. The molecule has 2 heterocycles. The van der Waals surface area contributed by atoms with E-state index in [0.717, 1.165) is 37.9 Å². The summed E-state index contributed by atoms with van der Waals surface area (Å²) in [5, 5.41) is 4.05. The molecular weight excluding hydrogens is 362 g/mol. The number of aryl methyl sites for hydroxylation is 2. The van der Waals surface area contributed by atoms with Gasteiger partial charge in [-0.25, -0.2) is 0 Å². The average Bonchev–Trinajstić information content (AvgIpc) is 3.23. The van der Waals surface area contributed by atoms with Gasteiger partial charge in [-0.2, -0.15) is 4.98 Å². The maximum atomic E-state index is 12.6. The zero-order valence-corrected chi connectivity index (χ0v) is 16.9. The van der Waals surface area contributed by atoms with Crippen LogP contribution in [0.2, 0.25) is 0 Å². The Bertz CT molecular complexity index is 926. The maximum absolute atomic E-state index is 12.6. The summed E-state index contributed by atoms with van der Waals surface area (Å²) in [4.78, 5) is 19.0. The Morgan fingerprint density at radius 1 is 1.07 bits per heavy atom. The number of benzene rings is 2. The highest BCUT2D eigenvalue weighted by Gasteiger charge is 2.23. The number of carbonyl (C=O) groups is 1. The monoisotopic (exact) mass is 389 g/mol. The minimum atomic E-state index is 0.179. The van der Waals surface area contributed by atoms with Crippen LogP contribution in [0.15, 0.2) is 59.1 Å². The lowest BCUT2D eigenvalue weighted by Gasteiger charge is -2.32. The first-order chi connectivity index (χ1) is 14.2. The summed E-state index contributed by atoms with van der Waals surface area (Å²) >= 11 is 0. The van der Waals surface area contributed by atoms with E-state index < -0.39 is 0 Å². The van der Waals surface area contributed by atoms with Gasteiger partial charge in [0.25, 0.3) is 0 Å². The smallest absolute Gasteiger partial charge is 0.227 e. The van der Waals surface area contributed by atoms with Crippen molar-refractivity contribution < 1.29 is 9.32 Å². The van der Waals surface area contributed by atoms with E-state index in [1.54, 1.807) is 0 Å². The Morgan fingerprint density at radius 3 is 2.52 bits per heavy atom. The number of nitrogens with zero attached hydrogens (tertiary/aromatic N) is 3. The fourth-order valence-corrected chi connectivity index (χ4v) is 3.88. The molecule has 1 aliphatic rings. The zero-order chi connectivity index (χ0) is 20.1. The second kappa shape index (κ2) is 9.03. The van der Waals surface area contributed by atoms with Gasteiger partial charge in [0.1, 0.15) is 0 Å². The first kappa shape index (κ1) is 19.4. The van der Waals surface area contributed by atoms with Crippen LogP contribution in [0.3, 0.4) is 0 Å². The minimum absolute atomic E-state index is 0.179. The molecule has 1 amide bonds. The maximum Gasteiger partial charge on any atom is 0.227 e. The third kappa shape index (κ3) is 5.11. The van der Waals surface area contributed by atoms with Crippen LogP contribution in [0, 0.1) is 12.8 Å². The van der Waals surface area contributed by atoms with Gasteiger partial charge in [-0.05, 0) is 37.7 Å². The van der Waals surface area contributed by atoms with Crippen LogP contribution in [0.4, 0.5) is 0 Å². The number of likely N-dealkylation sites (tertiary alicyclic amines) is 1. The fraction of sp³-hybridized carbons (Fsp3) is 0.375. The van der Waals surface area contributed by atoms with Crippen LogP contribution in [0.1, 0.15) is 36.3 Å². The lowest BCUT2D eigenvalue weighted by molar-refractivity contribution is -0.132. The van der Waals surface area contributed by atoms with E-state index in [0.29, 0.717) is 30.5 Å². The molecule has 5 nitrogen and oxygen atoms in total. The molecule has 0 saturated carbocycles. The third-order valence-corrected chi connectivity index (χ3v) is 5.67. The van der Waals surface area contributed by atoms with Gasteiger partial charge in [0, 0.05) is 31.5 Å². The van der Waals surface area contributed by atoms with Crippen molar-refractivity contribution in [1.82, 2.24) is 15.0 Å². The van der Waals surface area contributed by atoms with Gasteiger partial charge in [-0.15, -0.1) is 0 Å². The number of hydrogen-bond donors (Lipinski definition) is 0. The lowest BCUT2D eigenvalue weighted by atomic mass is 9.90. The van der Waals surface area contributed by atoms with E-state index in [1.165, 1.54) is 11.1 Å². The van der Waals surface area contributed by atoms with Gasteiger partial charge in [-0.3, -0.25) is 4.79 Å². The molecule has 0 radical (unpaired) electrons. The Labute approximate surface area is 171 Å². The highest BCUT2D eigenvalue weighted by molar-refractivity contribution is 5.76. The van der Waals surface area contributed by atoms with Crippen LogP contribution < -0.4 is 0 Å². The predicted molar refractivity (Wildman–Crippen MR) is 112 cm³/mol. The second-order valence-corrected chi connectivity index (χ2v) is 7.89. The summed E-state index contributed by atoms with van der Waals surface area (Å²) < 4.78 is 5.34. The summed E-state index contributed by atoms with van der Waals surface area (Å²) in [6.07, 6.45) is 4.14. The van der Waals surface area contributed by atoms with Crippen molar-refractivity contribution >= 4 is 5.91 Å². The number of aromatic nitrogens is 2. The molecule has 1 saturated heterocycles. The van der Waals surface area contributed by atoms with E-state index in [4.69, 9.17) is 4.52 Å². The molecule has 2 aromatic carbocycles. The molecule has 0 unspecified atom stereocenters. The number of rotatable bonds is 6. The molecule has 29 heavy (non-hydrogen) atoms. The zero-order valence-electron chi connectivity index (χ0n) is 16.9. The number of hydrogen-bond acceptors (Lipinski definition) is 4. The summed E-state index contributed by atoms with van der Waals surface area (Å²) in [7, 11) is 0. The first-order valence-corrected chi connectivity index (χ1v) is 10.4. The lowest BCUT2D eigenvalue weighted by Crippen LogP contribution is -2.39. The number of carbonyl (C=O) groups excluding carboxylic acids is 1. The molecule has 0 aliphatic carbocycles. The average molecular weight is 389 g/mol. The van der Waals surface area contributed by atoms with E-state index in [9.17, 15) is 4.79 Å². The molecule has 0 spiro atoms. The SMILES string of the molecule is Cc1ccc(-c2noc(CCC(=O)N3CCC(Cc4ccccc4)CC3)n2)cc1. The highest BCUT2D eigenvalue weighted by atomic mass is 16.5. The molecule has 5 heteroatoms. The Morgan fingerprint density at radius 2 is 1.79 bits per heavy atom. The Balaban J connectivity index is 1.24. The molecule has 0 bridgehead atoms. The summed E-state index contributed by atoms with van der Waals surface area (Å²) in [5.41, 5.74) is 3.51. The van der Waals surface area contributed by atoms with Crippen molar-refractivity contribution in [3.63, 3.8) is 0 Å². The van der Waals surface area contributed by atoms with E-state index >= 15 is 0 Å². The van der Waals surface area contributed by atoms with Gasteiger partial charge >= 0.3 is 0 Å². The van der Waals surface area contributed by atoms with Gasteiger partial charge in [-0.1, -0.05) is 65.3 Å². The van der Waals surface area contributed by atoms with Crippen LogP contribution in [-0.2, 0) is 17.6 Å². The molecule has 3 aromatic rings. The van der Waals surface area contributed by atoms with Crippen molar-refractivity contribution in [2.45, 2.75) is 39.0 Å². The van der Waals surface area contributed by atoms with Gasteiger partial charge < -0.3 is 9.42 Å². The molecule has 4 rings (SSSR count). The molecular formula is C24H27N3O2. The molecule has 0 atom stereocenters. The molecule has 1 aliphatic heterocycles. The number of amides is 1. The third-order valence-electron chi connectivity index (χ3n) is 5.67. The first-order valence-electron chi connectivity index (χ1n) is 10.4. The normalized spacial score (nSPS) is 14.9. The van der Waals surface area contributed by atoms with E-state index in [2.05, 4.69) is 40.5 Å². The molecule has 1 aromatic heterocycles. The summed E-state index contributed by atoms with van der Waals surface area (Å²) in [5.74, 6) is 1.94. The van der Waals surface area contributed by atoms with E-state index in [1.807, 2.05) is 36.1 Å². The van der Waals surface area contributed by atoms with Gasteiger partial charge in [0.2, 0.25) is 17.6 Å². The van der Waals surface area contributed by atoms with Crippen LogP contribution in [0.5, 0.6) is 0 Å². The van der Waals surface area contributed by atoms with Crippen molar-refractivity contribution in [2.24, 2.45) is 5.92 Å². The van der Waals surface area contributed by atoms with Crippen LogP contribution in [-0.4, -0.2) is 34.0 Å². The summed E-state index contributed by atoms with van der Waals surface area (Å²) in [6.45, 7) is 3.73. The Hall–Kier alpha value is -2.95. The largest absolute Gasteiger partial charge is 0.343 e. The van der Waals surface area contributed by atoms with Gasteiger partial charge in [0.15, 0.2) is 0 Å². The van der Waals surface area contributed by atoms with Crippen LogP contribution in [0.25, 0.3) is 11.4 Å². The standard InChI is InChI=1S/C24H27N3O2/c1-18-7-9-21(10-8-18)24-25-22(29-26-24)11-12-23(28)27-15-13-20(14-16-27)17-19-5-3-2-4-6-19/h2-10,20H,11-17H2,1H3. The quantitative estimate of drug-likeness (QED) is 0.625. The Kier molecular flexibility index (Phi) is 6.03. The van der Waals surface area contributed by atoms with Crippen molar-refractivity contribution in [1.29, 1.82) is 0 Å². The predicted octanol–water partition coefficient (Wildman–Crippen LogP) is 4.46. The number of piperidine rings is 1. The van der Waals surface area contributed by atoms with Crippen molar-refractivity contribution in [3.05, 3.63) is 71.6 Å². The molecule has 0 N–H and O–H groups in total. The van der Waals surface area contributed by atoms with Crippen molar-refractivity contribution in [3.8, 4) is 11.4 Å². The molecule has 150 valence electrons.